The zero-order valence-electron chi connectivity index (χ0n) is 14.3. The third-order valence-corrected chi connectivity index (χ3v) is 3.49. The maximum atomic E-state index is 11.6. The van der Waals surface area contributed by atoms with Gasteiger partial charge in [0.1, 0.15) is 0 Å². The molecule has 0 radical (unpaired) electrons. The van der Waals surface area contributed by atoms with Crippen molar-refractivity contribution in [1.82, 2.24) is 0 Å². The van der Waals surface area contributed by atoms with Gasteiger partial charge in [-0.05, 0) is 42.0 Å². The first-order valence-corrected chi connectivity index (χ1v) is 7.87. The van der Waals surface area contributed by atoms with E-state index in [1.165, 1.54) is 0 Å². The van der Waals surface area contributed by atoms with E-state index in [1.54, 1.807) is 30.5 Å². The van der Waals surface area contributed by atoms with Gasteiger partial charge in [0.2, 0.25) is 5.91 Å². The van der Waals surface area contributed by atoms with Gasteiger partial charge >= 0.3 is 5.97 Å². The van der Waals surface area contributed by atoms with Crippen LogP contribution in [0.5, 0.6) is 0 Å². The smallest absolute Gasteiger partial charge is 0.303 e. The van der Waals surface area contributed by atoms with Gasteiger partial charge in [-0.1, -0.05) is 12.1 Å². The van der Waals surface area contributed by atoms with Crippen LogP contribution in [0.4, 0.5) is 17.1 Å². The van der Waals surface area contributed by atoms with Gasteiger partial charge in [-0.25, -0.2) is 0 Å². The SMILES string of the molecule is CN(C)c1ccc(C=Nc2ccc(NC(=O)CCC(=O)O)cc2)cc1. The molecule has 0 bridgehead atoms. The highest BCUT2D eigenvalue weighted by molar-refractivity contribution is 5.92. The second-order valence-electron chi connectivity index (χ2n) is 5.73. The van der Waals surface area contributed by atoms with Crippen LogP contribution in [0.1, 0.15) is 18.4 Å². The molecule has 0 spiro atoms. The van der Waals surface area contributed by atoms with Gasteiger partial charge in [-0.3, -0.25) is 14.6 Å². The van der Waals surface area contributed by atoms with E-state index in [-0.39, 0.29) is 18.7 Å². The van der Waals surface area contributed by atoms with Gasteiger partial charge in [-0.15, -0.1) is 0 Å². The largest absolute Gasteiger partial charge is 0.481 e. The van der Waals surface area contributed by atoms with E-state index < -0.39 is 5.97 Å². The van der Waals surface area contributed by atoms with Crippen LogP contribution in [0.25, 0.3) is 0 Å². The minimum Gasteiger partial charge on any atom is -0.481 e. The summed E-state index contributed by atoms with van der Waals surface area (Å²) in [4.78, 5) is 28.5. The quantitative estimate of drug-likeness (QED) is 0.758. The lowest BCUT2D eigenvalue weighted by Crippen LogP contribution is -2.12. The molecule has 0 aromatic heterocycles. The summed E-state index contributed by atoms with van der Waals surface area (Å²) in [7, 11) is 3.98. The topological polar surface area (TPSA) is 82.0 Å². The fourth-order valence-electron chi connectivity index (χ4n) is 2.08. The van der Waals surface area contributed by atoms with Crippen molar-refractivity contribution in [2.24, 2.45) is 4.99 Å². The molecule has 0 saturated carbocycles. The molecule has 0 aliphatic rings. The number of carbonyl (C=O) groups excluding carboxylic acids is 1. The Balaban J connectivity index is 1.93. The summed E-state index contributed by atoms with van der Waals surface area (Å²) < 4.78 is 0. The second kappa shape index (κ2) is 8.63. The number of aliphatic carboxylic acids is 1. The summed E-state index contributed by atoms with van der Waals surface area (Å²) in [6, 6.07) is 15.1. The van der Waals surface area contributed by atoms with Gasteiger partial charge in [-0.2, -0.15) is 0 Å². The van der Waals surface area contributed by atoms with Gasteiger partial charge in [0.05, 0.1) is 12.1 Å². The number of rotatable bonds is 7. The van der Waals surface area contributed by atoms with E-state index in [9.17, 15) is 9.59 Å². The van der Waals surface area contributed by atoms with Crippen LogP contribution < -0.4 is 10.2 Å². The molecule has 0 fully saturated rings. The molecule has 25 heavy (non-hydrogen) atoms. The van der Waals surface area contributed by atoms with E-state index in [1.807, 2.05) is 43.3 Å². The maximum absolute atomic E-state index is 11.6. The van der Waals surface area contributed by atoms with Crippen LogP contribution in [0.3, 0.4) is 0 Å². The lowest BCUT2D eigenvalue weighted by molar-refractivity contribution is -0.138. The molecular formula is C19H21N3O3. The molecule has 0 heterocycles. The number of hydrogen-bond acceptors (Lipinski definition) is 4. The predicted octanol–water partition coefficient (Wildman–Crippen LogP) is 3.31. The Hall–Kier alpha value is -3.15. The molecule has 6 heteroatoms. The van der Waals surface area contributed by atoms with Gasteiger partial charge in [0.25, 0.3) is 0 Å². The minimum atomic E-state index is -0.988. The number of benzene rings is 2. The highest BCUT2D eigenvalue weighted by Crippen LogP contribution is 2.17. The molecule has 0 saturated heterocycles. The van der Waals surface area contributed by atoms with Gasteiger partial charge < -0.3 is 15.3 Å². The normalized spacial score (nSPS) is 10.6. The molecule has 2 aromatic carbocycles. The first kappa shape index (κ1) is 18.2. The molecule has 2 N–H and O–H groups in total. The van der Waals surface area contributed by atoms with Crippen LogP contribution in [0, 0.1) is 0 Å². The first-order valence-electron chi connectivity index (χ1n) is 7.87. The van der Waals surface area contributed by atoms with E-state index in [2.05, 4.69) is 10.3 Å². The van der Waals surface area contributed by atoms with E-state index in [0.29, 0.717) is 5.69 Å². The molecule has 2 rings (SSSR count). The maximum Gasteiger partial charge on any atom is 0.303 e. The summed E-state index contributed by atoms with van der Waals surface area (Å²) >= 11 is 0. The Kier molecular flexibility index (Phi) is 6.28. The number of carboxylic acids is 1. The van der Waals surface area contributed by atoms with Gasteiger partial charge in [0.15, 0.2) is 0 Å². The molecule has 2 aromatic rings. The van der Waals surface area contributed by atoms with Crippen molar-refractivity contribution in [3.05, 3.63) is 54.1 Å². The van der Waals surface area contributed by atoms with Crippen LogP contribution in [-0.2, 0) is 9.59 Å². The second-order valence-corrected chi connectivity index (χ2v) is 5.73. The Labute approximate surface area is 146 Å². The Bertz CT molecular complexity index is 750. The average Bonchev–Trinajstić information content (AvgIpc) is 2.60. The molecule has 0 aliphatic heterocycles. The summed E-state index contributed by atoms with van der Waals surface area (Å²) in [5, 5.41) is 11.2. The number of amides is 1. The van der Waals surface area contributed by atoms with Crippen molar-refractivity contribution in [3.8, 4) is 0 Å². The van der Waals surface area contributed by atoms with Crippen molar-refractivity contribution < 1.29 is 14.7 Å². The fourth-order valence-corrected chi connectivity index (χ4v) is 2.08. The molecule has 6 nitrogen and oxygen atoms in total. The average molecular weight is 339 g/mol. The number of nitrogens with one attached hydrogen (secondary N) is 1. The first-order chi connectivity index (χ1) is 11.9. The highest BCUT2D eigenvalue weighted by Gasteiger charge is 2.05. The van der Waals surface area contributed by atoms with Crippen molar-refractivity contribution in [1.29, 1.82) is 0 Å². The summed E-state index contributed by atoms with van der Waals surface area (Å²) in [5.74, 6) is -1.31. The Morgan fingerprint density at radius 2 is 1.68 bits per heavy atom. The third kappa shape index (κ3) is 6.10. The Morgan fingerprint density at radius 1 is 1.04 bits per heavy atom. The standard InChI is InChI=1S/C19H21N3O3/c1-22(2)17-9-3-14(4-10-17)13-20-15-5-7-16(8-6-15)21-18(23)11-12-19(24)25/h3-10,13H,11-12H2,1-2H3,(H,21,23)(H,24,25). The predicted molar refractivity (Wildman–Crippen MR) is 100.0 cm³/mol. The zero-order valence-corrected chi connectivity index (χ0v) is 14.3. The highest BCUT2D eigenvalue weighted by atomic mass is 16.4. The third-order valence-electron chi connectivity index (χ3n) is 3.49. The number of hydrogen-bond donors (Lipinski definition) is 2. The lowest BCUT2D eigenvalue weighted by atomic mass is 10.2. The van der Waals surface area contributed by atoms with E-state index >= 15 is 0 Å². The van der Waals surface area contributed by atoms with Crippen LogP contribution >= 0.6 is 0 Å². The van der Waals surface area contributed by atoms with Crippen molar-refractivity contribution in [2.45, 2.75) is 12.8 Å². The van der Waals surface area contributed by atoms with Crippen LogP contribution in [-0.4, -0.2) is 37.3 Å². The Morgan fingerprint density at radius 3 is 2.24 bits per heavy atom. The van der Waals surface area contributed by atoms with E-state index in [0.717, 1.165) is 16.9 Å². The summed E-state index contributed by atoms with van der Waals surface area (Å²) in [5.41, 5.74) is 3.50. The van der Waals surface area contributed by atoms with Crippen LogP contribution in [0.2, 0.25) is 0 Å². The van der Waals surface area contributed by atoms with Gasteiger partial charge in [0, 0.05) is 38.1 Å². The molecular weight excluding hydrogens is 318 g/mol. The molecule has 0 aliphatic carbocycles. The molecule has 1 amide bonds. The molecule has 0 unspecified atom stereocenters. The minimum absolute atomic E-state index is 0.0435. The monoisotopic (exact) mass is 339 g/mol. The number of carboxylic acid groups (broad SMARTS) is 1. The van der Waals surface area contributed by atoms with Crippen molar-refractivity contribution in [2.75, 3.05) is 24.3 Å². The van der Waals surface area contributed by atoms with Crippen LogP contribution in [0.15, 0.2) is 53.5 Å². The van der Waals surface area contributed by atoms with Crippen molar-refractivity contribution >= 4 is 35.2 Å². The summed E-state index contributed by atoms with van der Waals surface area (Å²) in [6.45, 7) is 0. The van der Waals surface area contributed by atoms with E-state index in [4.69, 9.17) is 5.11 Å². The zero-order chi connectivity index (χ0) is 18.2. The fraction of sp³-hybridized carbons (Fsp3) is 0.211. The number of aliphatic imine (C=N–C) groups is 1. The number of nitrogens with zero attached hydrogens (tertiary/aromatic N) is 2. The number of carbonyl (C=O) groups is 2. The molecule has 130 valence electrons. The summed E-state index contributed by atoms with van der Waals surface area (Å²) in [6.07, 6.45) is 1.55. The lowest BCUT2D eigenvalue weighted by Gasteiger charge is -2.11. The molecule has 0 atom stereocenters. The van der Waals surface area contributed by atoms with Crippen molar-refractivity contribution in [3.63, 3.8) is 0 Å². The number of anilines is 2.